The highest BCUT2D eigenvalue weighted by molar-refractivity contribution is 4.65. The standard InChI is InChI=1S/C11H26N2/c1-5-6-7-8-12-11(4)9-13-10(2)3/h10-13H,5-9H2,1-4H3. The summed E-state index contributed by atoms with van der Waals surface area (Å²) in [6, 6.07) is 1.19. The predicted octanol–water partition coefficient (Wildman–Crippen LogP) is 2.15. The van der Waals surface area contributed by atoms with Crippen LogP contribution < -0.4 is 10.6 Å². The Bertz CT molecular complexity index is 102. The fourth-order valence-electron chi connectivity index (χ4n) is 1.21. The molecule has 80 valence electrons. The van der Waals surface area contributed by atoms with Crippen LogP contribution >= 0.6 is 0 Å². The first kappa shape index (κ1) is 12.9. The Morgan fingerprint density at radius 1 is 1.00 bits per heavy atom. The van der Waals surface area contributed by atoms with E-state index in [4.69, 9.17) is 0 Å². The topological polar surface area (TPSA) is 24.1 Å². The van der Waals surface area contributed by atoms with E-state index in [-0.39, 0.29) is 0 Å². The van der Waals surface area contributed by atoms with Crippen LogP contribution in [0.25, 0.3) is 0 Å². The van der Waals surface area contributed by atoms with E-state index < -0.39 is 0 Å². The smallest absolute Gasteiger partial charge is 0.0164 e. The van der Waals surface area contributed by atoms with E-state index >= 15 is 0 Å². The average Bonchev–Trinajstić information content (AvgIpc) is 2.09. The lowest BCUT2D eigenvalue weighted by Gasteiger charge is -2.16. The van der Waals surface area contributed by atoms with Crippen LogP contribution in [-0.4, -0.2) is 25.2 Å². The van der Waals surface area contributed by atoms with Crippen LogP contribution in [0.3, 0.4) is 0 Å². The fraction of sp³-hybridized carbons (Fsp3) is 1.00. The number of hydrogen-bond acceptors (Lipinski definition) is 2. The van der Waals surface area contributed by atoms with E-state index in [0.29, 0.717) is 12.1 Å². The highest BCUT2D eigenvalue weighted by Gasteiger charge is 2.00. The lowest BCUT2D eigenvalue weighted by Crippen LogP contribution is -2.39. The molecule has 0 aromatic rings. The maximum Gasteiger partial charge on any atom is 0.0164 e. The lowest BCUT2D eigenvalue weighted by molar-refractivity contribution is 0.466. The highest BCUT2D eigenvalue weighted by atomic mass is 15.0. The van der Waals surface area contributed by atoms with Crippen molar-refractivity contribution in [2.75, 3.05) is 13.1 Å². The minimum Gasteiger partial charge on any atom is -0.313 e. The van der Waals surface area contributed by atoms with E-state index in [2.05, 4.69) is 38.3 Å². The van der Waals surface area contributed by atoms with Crippen molar-refractivity contribution in [1.29, 1.82) is 0 Å². The molecule has 0 aromatic heterocycles. The van der Waals surface area contributed by atoms with Crippen LogP contribution in [0.2, 0.25) is 0 Å². The molecule has 1 atom stereocenters. The van der Waals surface area contributed by atoms with E-state index in [0.717, 1.165) is 13.1 Å². The van der Waals surface area contributed by atoms with Gasteiger partial charge in [0.25, 0.3) is 0 Å². The Balaban J connectivity index is 3.15. The van der Waals surface area contributed by atoms with Crippen molar-refractivity contribution in [3.05, 3.63) is 0 Å². The van der Waals surface area contributed by atoms with Gasteiger partial charge in [-0.15, -0.1) is 0 Å². The second kappa shape index (κ2) is 8.52. The summed E-state index contributed by atoms with van der Waals surface area (Å²) in [7, 11) is 0. The van der Waals surface area contributed by atoms with Gasteiger partial charge < -0.3 is 10.6 Å². The Morgan fingerprint density at radius 3 is 2.23 bits per heavy atom. The largest absolute Gasteiger partial charge is 0.313 e. The van der Waals surface area contributed by atoms with E-state index in [1.54, 1.807) is 0 Å². The van der Waals surface area contributed by atoms with E-state index in [1.165, 1.54) is 19.3 Å². The van der Waals surface area contributed by atoms with Crippen molar-refractivity contribution in [2.24, 2.45) is 0 Å². The summed E-state index contributed by atoms with van der Waals surface area (Å²) in [4.78, 5) is 0. The molecule has 0 saturated carbocycles. The van der Waals surface area contributed by atoms with Gasteiger partial charge in [0.15, 0.2) is 0 Å². The molecule has 13 heavy (non-hydrogen) atoms. The van der Waals surface area contributed by atoms with Gasteiger partial charge in [-0.05, 0) is 19.9 Å². The summed E-state index contributed by atoms with van der Waals surface area (Å²) in [6.07, 6.45) is 3.96. The van der Waals surface area contributed by atoms with Gasteiger partial charge in [-0.1, -0.05) is 33.6 Å². The first-order chi connectivity index (χ1) is 6.16. The molecular weight excluding hydrogens is 160 g/mol. The monoisotopic (exact) mass is 186 g/mol. The Kier molecular flexibility index (Phi) is 8.46. The Labute approximate surface area is 83.5 Å². The summed E-state index contributed by atoms with van der Waals surface area (Å²) in [5.41, 5.74) is 0. The van der Waals surface area contributed by atoms with Crippen LogP contribution in [-0.2, 0) is 0 Å². The molecule has 0 aliphatic heterocycles. The van der Waals surface area contributed by atoms with Gasteiger partial charge in [-0.2, -0.15) is 0 Å². The van der Waals surface area contributed by atoms with Crippen LogP contribution in [0.5, 0.6) is 0 Å². The molecule has 0 heterocycles. The normalized spacial score (nSPS) is 13.6. The number of unbranched alkanes of at least 4 members (excludes halogenated alkanes) is 2. The average molecular weight is 186 g/mol. The maximum atomic E-state index is 3.51. The van der Waals surface area contributed by atoms with E-state index in [1.807, 2.05) is 0 Å². The Morgan fingerprint density at radius 2 is 1.69 bits per heavy atom. The first-order valence-corrected chi connectivity index (χ1v) is 5.63. The molecule has 0 bridgehead atoms. The minimum atomic E-state index is 0.597. The summed E-state index contributed by atoms with van der Waals surface area (Å²) in [6.45, 7) is 11.1. The van der Waals surface area contributed by atoms with Gasteiger partial charge in [-0.3, -0.25) is 0 Å². The van der Waals surface area contributed by atoms with Crippen molar-refractivity contribution in [3.63, 3.8) is 0 Å². The molecule has 0 aliphatic carbocycles. The molecule has 1 unspecified atom stereocenters. The minimum absolute atomic E-state index is 0.597. The second-order valence-corrected chi connectivity index (χ2v) is 4.13. The van der Waals surface area contributed by atoms with Gasteiger partial charge in [-0.25, -0.2) is 0 Å². The summed E-state index contributed by atoms with van der Waals surface area (Å²) in [5, 5.41) is 6.93. The molecule has 0 radical (unpaired) electrons. The molecular formula is C11H26N2. The zero-order chi connectivity index (χ0) is 10.1. The molecule has 0 amide bonds. The van der Waals surface area contributed by atoms with Gasteiger partial charge >= 0.3 is 0 Å². The molecule has 2 nitrogen and oxygen atoms in total. The summed E-state index contributed by atoms with van der Waals surface area (Å²) >= 11 is 0. The summed E-state index contributed by atoms with van der Waals surface area (Å²) in [5.74, 6) is 0. The lowest BCUT2D eigenvalue weighted by atomic mass is 10.2. The molecule has 0 fully saturated rings. The van der Waals surface area contributed by atoms with Gasteiger partial charge in [0, 0.05) is 18.6 Å². The Hall–Kier alpha value is -0.0800. The third-order valence-corrected chi connectivity index (χ3v) is 2.11. The van der Waals surface area contributed by atoms with Crippen molar-refractivity contribution in [1.82, 2.24) is 10.6 Å². The van der Waals surface area contributed by atoms with Crippen LogP contribution in [0.1, 0.15) is 47.0 Å². The van der Waals surface area contributed by atoms with Crippen LogP contribution in [0, 0.1) is 0 Å². The van der Waals surface area contributed by atoms with Gasteiger partial charge in [0.2, 0.25) is 0 Å². The number of hydrogen-bond donors (Lipinski definition) is 2. The van der Waals surface area contributed by atoms with Crippen LogP contribution in [0.15, 0.2) is 0 Å². The maximum absolute atomic E-state index is 3.51. The van der Waals surface area contributed by atoms with Crippen LogP contribution in [0.4, 0.5) is 0 Å². The van der Waals surface area contributed by atoms with Gasteiger partial charge in [0.05, 0.1) is 0 Å². The molecule has 0 aliphatic rings. The third-order valence-electron chi connectivity index (χ3n) is 2.11. The molecule has 0 aromatic carbocycles. The first-order valence-electron chi connectivity index (χ1n) is 5.63. The SMILES string of the molecule is CCCCCNC(C)CNC(C)C. The molecule has 0 rings (SSSR count). The van der Waals surface area contributed by atoms with E-state index in [9.17, 15) is 0 Å². The summed E-state index contributed by atoms with van der Waals surface area (Å²) < 4.78 is 0. The molecule has 0 saturated heterocycles. The van der Waals surface area contributed by atoms with Crippen molar-refractivity contribution >= 4 is 0 Å². The highest BCUT2D eigenvalue weighted by Crippen LogP contribution is 1.92. The zero-order valence-corrected chi connectivity index (χ0v) is 9.69. The van der Waals surface area contributed by atoms with Crippen molar-refractivity contribution in [3.8, 4) is 0 Å². The quantitative estimate of drug-likeness (QED) is 0.568. The van der Waals surface area contributed by atoms with Crippen molar-refractivity contribution < 1.29 is 0 Å². The third kappa shape index (κ3) is 9.84. The number of rotatable bonds is 8. The molecule has 0 spiro atoms. The molecule has 2 heteroatoms. The fourth-order valence-corrected chi connectivity index (χ4v) is 1.21. The zero-order valence-electron chi connectivity index (χ0n) is 9.69. The van der Waals surface area contributed by atoms with Crippen molar-refractivity contribution in [2.45, 2.75) is 59.0 Å². The predicted molar refractivity (Wildman–Crippen MR) is 60.1 cm³/mol. The number of nitrogens with one attached hydrogen (secondary N) is 2. The molecule has 2 N–H and O–H groups in total. The second-order valence-electron chi connectivity index (χ2n) is 4.13. The van der Waals surface area contributed by atoms with Gasteiger partial charge in [0.1, 0.15) is 0 Å².